The van der Waals surface area contributed by atoms with Crippen LogP contribution in [0.5, 0.6) is 17.2 Å². The number of carbonyl (C=O) groups excluding carboxylic acids is 1. The largest absolute Gasteiger partial charge is 0.482 e. The second kappa shape index (κ2) is 9.57. The number of rotatable bonds is 9. The Morgan fingerprint density at radius 2 is 1.52 bits per heavy atom. The van der Waals surface area contributed by atoms with Crippen molar-refractivity contribution in [2.24, 2.45) is 0 Å². The number of benzene rings is 3. The molecule has 3 aromatic rings. The molecule has 3 aromatic carbocycles. The standard InChI is InChI=1S/C22H19O8P/c23-21(24)14-29-20-11-8-16(22(25)31(26,27)28)13-17(20)12-15-6-9-19(10-7-15)30-18-4-2-1-3-5-18/h1-11,13H,12,14H2,(H,23,24)(H2,26,27,28). The molecule has 0 aliphatic carbocycles. The third kappa shape index (κ3) is 6.26. The molecule has 0 amide bonds. The lowest BCUT2D eigenvalue weighted by atomic mass is 10.0. The zero-order valence-electron chi connectivity index (χ0n) is 16.2. The van der Waals surface area contributed by atoms with Crippen molar-refractivity contribution >= 4 is 19.1 Å². The lowest BCUT2D eigenvalue weighted by molar-refractivity contribution is -0.139. The smallest absolute Gasteiger partial charge is 0.396 e. The minimum absolute atomic E-state index is 0.185. The molecule has 0 aromatic heterocycles. The summed E-state index contributed by atoms with van der Waals surface area (Å²) in [6.45, 7) is -0.595. The molecule has 8 nitrogen and oxygen atoms in total. The third-order valence-corrected chi connectivity index (χ3v) is 5.01. The van der Waals surface area contributed by atoms with Crippen LogP contribution in [-0.2, 0) is 15.8 Å². The van der Waals surface area contributed by atoms with Crippen LogP contribution >= 0.6 is 7.60 Å². The fourth-order valence-corrected chi connectivity index (χ4v) is 3.29. The van der Waals surface area contributed by atoms with Gasteiger partial charge in [0.25, 0.3) is 5.52 Å². The van der Waals surface area contributed by atoms with E-state index in [4.69, 9.17) is 24.4 Å². The first-order valence-corrected chi connectivity index (χ1v) is 10.7. The van der Waals surface area contributed by atoms with E-state index in [0.29, 0.717) is 17.1 Å². The summed E-state index contributed by atoms with van der Waals surface area (Å²) in [5.74, 6) is 0.323. The van der Waals surface area contributed by atoms with Gasteiger partial charge in [-0.1, -0.05) is 30.3 Å². The van der Waals surface area contributed by atoms with Crippen molar-refractivity contribution in [2.75, 3.05) is 6.61 Å². The van der Waals surface area contributed by atoms with Gasteiger partial charge in [0, 0.05) is 12.0 Å². The molecule has 0 aliphatic rings. The van der Waals surface area contributed by atoms with Crippen molar-refractivity contribution in [1.82, 2.24) is 0 Å². The van der Waals surface area contributed by atoms with Crippen molar-refractivity contribution in [3.8, 4) is 17.2 Å². The number of carboxylic acid groups (broad SMARTS) is 1. The summed E-state index contributed by atoms with van der Waals surface area (Å²) in [4.78, 5) is 41.1. The van der Waals surface area contributed by atoms with Crippen LogP contribution in [0.4, 0.5) is 0 Å². The molecule has 9 heteroatoms. The van der Waals surface area contributed by atoms with E-state index in [2.05, 4.69) is 0 Å². The molecular weight excluding hydrogens is 423 g/mol. The average Bonchev–Trinajstić information content (AvgIpc) is 2.73. The third-order valence-electron chi connectivity index (χ3n) is 4.22. The number of hydrogen-bond donors (Lipinski definition) is 3. The Balaban J connectivity index is 1.84. The molecule has 3 rings (SSSR count). The summed E-state index contributed by atoms with van der Waals surface area (Å²) < 4.78 is 22.3. The van der Waals surface area contributed by atoms with E-state index in [9.17, 15) is 14.2 Å². The summed E-state index contributed by atoms with van der Waals surface area (Å²) in [7, 11) is -4.96. The number of carboxylic acids is 1. The van der Waals surface area contributed by atoms with Crippen LogP contribution in [0.25, 0.3) is 0 Å². The second-order valence-corrected chi connectivity index (χ2v) is 8.08. The molecule has 0 saturated heterocycles. The highest BCUT2D eigenvalue weighted by atomic mass is 31.2. The maximum Gasteiger partial charge on any atom is 0.396 e. The van der Waals surface area contributed by atoms with Gasteiger partial charge in [0.05, 0.1) is 0 Å². The van der Waals surface area contributed by atoms with Gasteiger partial charge in [-0.15, -0.1) is 0 Å². The summed E-state index contributed by atoms with van der Waals surface area (Å²) in [6.07, 6.45) is 0.239. The van der Waals surface area contributed by atoms with Gasteiger partial charge in [0.2, 0.25) is 0 Å². The van der Waals surface area contributed by atoms with E-state index in [1.54, 1.807) is 24.3 Å². The fourth-order valence-electron chi connectivity index (χ4n) is 2.82. The highest BCUT2D eigenvalue weighted by Crippen LogP contribution is 2.40. The molecule has 0 atom stereocenters. The fraction of sp³-hybridized carbons (Fsp3) is 0.0909. The van der Waals surface area contributed by atoms with Gasteiger partial charge in [-0.25, -0.2) is 4.79 Å². The van der Waals surface area contributed by atoms with E-state index in [-0.39, 0.29) is 17.7 Å². The predicted molar refractivity (Wildman–Crippen MR) is 112 cm³/mol. The number of ether oxygens (including phenoxy) is 2. The van der Waals surface area contributed by atoms with E-state index < -0.39 is 25.7 Å². The van der Waals surface area contributed by atoms with Gasteiger partial charge in [-0.3, -0.25) is 9.36 Å². The van der Waals surface area contributed by atoms with E-state index in [1.165, 1.54) is 18.2 Å². The molecule has 0 fully saturated rings. The van der Waals surface area contributed by atoms with Crippen molar-refractivity contribution in [3.05, 3.63) is 89.5 Å². The number of para-hydroxylation sites is 1. The Bertz CT molecular complexity index is 1120. The normalized spacial score (nSPS) is 11.0. The molecule has 0 saturated carbocycles. The van der Waals surface area contributed by atoms with Crippen LogP contribution in [0, 0.1) is 0 Å². The maximum atomic E-state index is 12.0. The number of carbonyl (C=O) groups is 2. The van der Waals surface area contributed by atoms with Gasteiger partial charge < -0.3 is 24.4 Å². The van der Waals surface area contributed by atoms with Crippen LogP contribution in [-0.4, -0.2) is 33.0 Å². The SMILES string of the molecule is O=C(O)COc1ccc(C(=O)P(=O)(O)O)cc1Cc1ccc(Oc2ccccc2)cc1. The molecule has 0 bridgehead atoms. The topological polar surface area (TPSA) is 130 Å². The van der Waals surface area contributed by atoms with Crippen molar-refractivity contribution < 1.29 is 38.5 Å². The Morgan fingerprint density at radius 3 is 2.13 bits per heavy atom. The van der Waals surface area contributed by atoms with Crippen LogP contribution in [0.3, 0.4) is 0 Å². The van der Waals surface area contributed by atoms with E-state index >= 15 is 0 Å². The van der Waals surface area contributed by atoms with Crippen LogP contribution in [0.15, 0.2) is 72.8 Å². The molecule has 0 unspecified atom stereocenters. The zero-order chi connectivity index (χ0) is 22.4. The van der Waals surface area contributed by atoms with Crippen LogP contribution in [0.1, 0.15) is 21.5 Å². The molecule has 0 spiro atoms. The highest BCUT2D eigenvalue weighted by molar-refractivity contribution is 7.70. The highest BCUT2D eigenvalue weighted by Gasteiger charge is 2.28. The van der Waals surface area contributed by atoms with Crippen LogP contribution in [0.2, 0.25) is 0 Å². The molecule has 0 heterocycles. The first-order valence-electron chi connectivity index (χ1n) is 9.12. The van der Waals surface area contributed by atoms with Gasteiger partial charge in [-0.2, -0.15) is 0 Å². The Morgan fingerprint density at radius 1 is 0.871 bits per heavy atom. The molecule has 0 aliphatic heterocycles. The second-order valence-electron chi connectivity index (χ2n) is 6.59. The first kappa shape index (κ1) is 22.2. The van der Waals surface area contributed by atoms with E-state index in [1.807, 2.05) is 30.3 Å². The monoisotopic (exact) mass is 442 g/mol. The number of aliphatic carboxylic acids is 1. The van der Waals surface area contributed by atoms with Crippen molar-refractivity contribution in [1.29, 1.82) is 0 Å². The minimum Gasteiger partial charge on any atom is -0.482 e. The first-order chi connectivity index (χ1) is 14.7. The van der Waals surface area contributed by atoms with Gasteiger partial charge >= 0.3 is 13.6 Å². The summed E-state index contributed by atoms with van der Waals surface area (Å²) in [5.41, 5.74) is -0.293. The lowest BCUT2D eigenvalue weighted by Crippen LogP contribution is -2.11. The average molecular weight is 442 g/mol. The minimum atomic E-state index is -4.96. The maximum absolute atomic E-state index is 12.0. The predicted octanol–water partition coefficient (Wildman–Crippen LogP) is 3.85. The van der Waals surface area contributed by atoms with Crippen molar-refractivity contribution in [2.45, 2.75) is 6.42 Å². The van der Waals surface area contributed by atoms with Crippen LogP contribution < -0.4 is 9.47 Å². The summed E-state index contributed by atoms with van der Waals surface area (Å²) in [6, 6.07) is 20.1. The van der Waals surface area contributed by atoms with E-state index in [0.717, 1.165) is 5.56 Å². The molecule has 160 valence electrons. The zero-order valence-corrected chi connectivity index (χ0v) is 17.1. The molecule has 0 radical (unpaired) electrons. The lowest BCUT2D eigenvalue weighted by Gasteiger charge is -2.13. The van der Waals surface area contributed by atoms with Gasteiger partial charge in [-0.05, 0) is 53.6 Å². The van der Waals surface area contributed by atoms with Crippen molar-refractivity contribution in [3.63, 3.8) is 0 Å². The molecule has 3 N–H and O–H groups in total. The quantitative estimate of drug-likeness (QED) is 0.426. The molecule has 31 heavy (non-hydrogen) atoms. The Kier molecular flexibility index (Phi) is 6.87. The molecular formula is C22H19O8P. The summed E-state index contributed by atoms with van der Waals surface area (Å²) in [5, 5.41) is 8.86. The Hall–Kier alpha value is -3.45. The van der Waals surface area contributed by atoms with Gasteiger partial charge in [0.1, 0.15) is 17.2 Å². The number of hydrogen-bond acceptors (Lipinski definition) is 5. The Labute approximate surface area is 177 Å². The summed E-state index contributed by atoms with van der Waals surface area (Å²) >= 11 is 0. The van der Waals surface area contributed by atoms with Gasteiger partial charge in [0.15, 0.2) is 6.61 Å².